The van der Waals surface area contributed by atoms with Crippen LogP contribution >= 0.6 is 0 Å². The number of hydrogen-bond acceptors (Lipinski definition) is 5. The monoisotopic (exact) mass is 332 g/mol. The van der Waals surface area contributed by atoms with Gasteiger partial charge in [-0.05, 0) is 42.8 Å². The van der Waals surface area contributed by atoms with Crippen molar-refractivity contribution in [3.8, 4) is 11.8 Å². The van der Waals surface area contributed by atoms with Gasteiger partial charge < -0.3 is 10.2 Å². The summed E-state index contributed by atoms with van der Waals surface area (Å²) in [6, 6.07) is 9.21. The van der Waals surface area contributed by atoms with Crippen LogP contribution < -0.4 is 4.72 Å². The number of benzene rings is 2. The fraction of sp³-hybridized carbons (Fsp3) is 0.0667. The maximum absolute atomic E-state index is 12.3. The minimum absolute atomic E-state index is 0.0676. The number of sulfonamides is 1. The number of anilines is 1. The summed E-state index contributed by atoms with van der Waals surface area (Å²) in [5.74, 6) is -1.46. The van der Waals surface area contributed by atoms with Crippen molar-refractivity contribution in [2.75, 3.05) is 4.72 Å². The van der Waals surface area contributed by atoms with E-state index in [1.807, 2.05) is 0 Å². The standard InChI is InChI=1S/C15H12N2O5S/c1-9-5-12(6-11(8-16)14(9)18)17-23(21,22)13-4-2-3-10(7-13)15(19)20/h2-7,17-18H,1H3,(H,19,20). The molecule has 118 valence electrons. The number of carbonyl (C=O) groups is 1. The molecule has 0 radical (unpaired) electrons. The molecular weight excluding hydrogens is 320 g/mol. The van der Waals surface area contributed by atoms with Gasteiger partial charge in [-0.1, -0.05) is 6.07 Å². The van der Waals surface area contributed by atoms with E-state index in [-0.39, 0.29) is 27.5 Å². The lowest BCUT2D eigenvalue weighted by molar-refractivity contribution is 0.0696. The first-order chi connectivity index (χ1) is 10.7. The number of carboxylic acid groups (broad SMARTS) is 1. The highest BCUT2D eigenvalue weighted by Gasteiger charge is 2.17. The van der Waals surface area contributed by atoms with E-state index in [0.29, 0.717) is 5.56 Å². The molecule has 8 heteroatoms. The fourth-order valence-electron chi connectivity index (χ4n) is 1.93. The summed E-state index contributed by atoms with van der Waals surface area (Å²) in [7, 11) is -4.03. The largest absolute Gasteiger partial charge is 0.506 e. The third kappa shape index (κ3) is 3.41. The number of phenolic OH excluding ortho intramolecular Hbond substituents is 1. The minimum Gasteiger partial charge on any atom is -0.506 e. The molecule has 0 heterocycles. The van der Waals surface area contributed by atoms with E-state index in [1.165, 1.54) is 37.3 Å². The van der Waals surface area contributed by atoms with Crippen LogP contribution in [0.25, 0.3) is 0 Å². The Morgan fingerprint density at radius 3 is 2.57 bits per heavy atom. The Morgan fingerprint density at radius 2 is 1.96 bits per heavy atom. The maximum Gasteiger partial charge on any atom is 0.335 e. The number of hydrogen-bond donors (Lipinski definition) is 3. The molecule has 0 amide bonds. The number of phenols is 1. The number of nitrogens with one attached hydrogen (secondary N) is 1. The van der Waals surface area contributed by atoms with Gasteiger partial charge in [0.2, 0.25) is 0 Å². The van der Waals surface area contributed by atoms with Crippen LogP contribution in [0.15, 0.2) is 41.3 Å². The van der Waals surface area contributed by atoms with Crippen LogP contribution in [-0.4, -0.2) is 24.6 Å². The zero-order valence-electron chi connectivity index (χ0n) is 11.9. The number of carboxylic acids is 1. The first kappa shape index (κ1) is 16.3. The molecule has 0 fully saturated rings. The second-order valence-electron chi connectivity index (χ2n) is 4.74. The van der Waals surface area contributed by atoms with E-state index in [0.717, 1.165) is 6.07 Å². The van der Waals surface area contributed by atoms with E-state index >= 15 is 0 Å². The molecule has 2 aromatic rings. The first-order valence-electron chi connectivity index (χ1n) is 6.34. The lowest BCUT2D eigenvalue weighted by Gasteiger charge is -2.11. The second-order valence-corrected chi connectivity index (χ2v) is 6.42. The second kappa shape index (κ2) is 5.98. The molecule has 0 bridgehead atoms. The van der Waals surface area contributed by atoms with Crippen molar-refractivity contribution in [3.63, 3.8) is 0 Å². The molecule has 0 saturated carbocycles. The van der Waals surface area contributed by atoms with E-state index in [1.54, 1.807) is 6.07 Å². The van der Waals surface area contributed by atoms with Gasteiger partial charge >= 0.3 is 5.97 Å². The third-order valence-corrected chi connectivity index (χ3v) is 4.44. The van der Waals surface area contributed by atoms with Crippen LogP contribution in [0.1, 0.15) is 21.5 Å². The molecule has 0 aliphatic carbocycles. The van der Waals surface area contributed by atoms with Crippen molar-refractivity contribution in [3.05, 3.63) is 53.1 Å². The van der Waals surface area contributed by atoms with Crippen LogP contribution in [0.4, 0.5) is 5.69 Å². The molecular formula is C15H12N2O5S. The van der Waals surface area contributed by atoms with E-state index in [2.05, 4.69) is 4.72 Å². The van der Waals surface area contributed by atoms with E-state index < -0.39 is 16.0 Å². The van der Waals surface area contributed by atoms with Crippen LogP contribution in [0.2, 0.25) is 0 Å². The summed E-state index contributed by atoms with van der Waals surface area (Å²) >= 11 is 0. The van der Waals surface area contributed by atoms with Crippen molar-refractivity contribution in [1.29, 1.82) is 5.26 Å². The minimum atomic E-state index is -4.03. The zero-order valence-corrected chi connectivity index (χ0v) is 12.8. The lowest BCUT2D eigenvalue weighted by Crippen LogP contribution is -2.14. The Hall–Kier alpha value is -3.05. The van der Waals surface area contributed by atoms with Gasteiger partial charge in [0.25, 0.3) is 10.0 Å². The van der Waals surface area contributed by atoms with Crippen LogP contribution in [0.5, 0.6) is 5.75 Å². The Labute approximate surface area is 132 Å². The smallest absolute Gasteiger partial charge is 0.335 e. The van der Waals surface area contributed by atoms with E-state index in [4.69, 9.17) is 10.4 Å². The molecule has 0 aliphatic rings. The van der Waals surface area contributed by atoms with Gasteiger partial charge in [-0.3, -0.25) is 4.72 Å². The molecule has 2 aromatic carbocycles. The Bertz CT molecular complexity index is 929. The van der Waals surface area contributed by atoms with Crippen molar-refractivity contribution in [2.45, 2.75) is 11.8 Å². The van der Waals surface area contributed by atoms with Crippen LogP contribution in [0.3, 0.4) is 0 Å². The summed E-state index contributed by atoms with van der Waals surface area (Å²) in [4.78, 5) is 10.7. The van der Waals surface area contributed by atoms with Gasteiger partial charge in [-0.25, -0.2) is 13.2 Å². The predicted octanol–water partition coefficient (Wildman–Crippen LogP) is 2.07. The summed E-state index contributed by atoms with van der Waals surface area (Å²) in [5.41, 5.74) is 0.202. The molecule has 0 saturated heterocycles. The Morgan fingerprint density at radius 1 is 1.26 bits per heavy atom. The van der Waals surface area contributed by atoms with Gasteiger partial charge in [0.05, 0.1) is 21.7 Å². The number of aryl methyl sites for hydroxylation is 1. The van der Waals surface area contributed by atoms with Crippen LogP contribution in [-0.2, 0) is 10.0 Å². The average molecular weight is 332 g/mol. The predicted molar refractivity (Wildman–Crippen MR) is 81.8 cm³/mol. The number of aromatic carboxylic acids is 1. The summed E-state index contributed by atoms with van der Waals surface area (Å²) in [6.45, 7) is 1.53. The highest BCUT2D eigenvalue weighted by atomic mass is 32.2. The molecule has 23 heavy (non-hydrogen) atoms. The molecule has 3 N–H and O–H groups in total. The normalized spacial score (nSPS) is 10.8. The topological polar surface area (TPSA) is 127 Å². The van der Waals surface area contributed by atoms with Gasteiger partial charge in [0.1, 0.15) is 11.8 Å². The Kier molecular flexibility index (Phi) is 4.24. The number of rotatable bonds is 4. The van der Waals surface area contributed by atoms with Crippen molar-refractivity contribution < 1.29 is 23.4 Å². The molecule has 0 aliphatic heterocycles. The average Bonchev–Trinajstić information content (AvgIpc) is 2.50. The third-order valence-electron chi connectivity index (χ3n) is 3.06. The molecule has 0 spiro atoms. The molecule has 7 nitrogen and oxygen atoms in total. The fourth-order valence-corrected chi connectivity index (χ4v) is 3.02. The number of aromatic hydroxyl groups is 1. The number of nitrogens with zero attached hydrogens (tertiary/aromatic N) is 1. The molecule has 0 atom stereocenters. The molecule has 0 aromatic heterocycles. The van der Waals surface area contributed by atoms with Gasteiger partial charge in [-0.2, -0.15) is 5.26 Å². The first-order valence-corrected chi connectivity index (χ1v) is 7.83. The van der Waals surface area contributed by atoms with Gasteiger partial charge in [0.15, 0.2) is 0 Å². The lowest BCUT2D eigenvalue weighted by atomic mass is 10.1. The highest BCUT2D eigenvalue weighted by molar-refractivity contribution is 7.92. The maximum atomic E-state index is 12.3. The highest BCUT2D eigenvalue weighted by Crippen LogP contribution is 2.27. The molecule has 0 unspecified atom stereocenters. The zero-order chi connectivity index (χ0) is 17.2. The molecule has 2 rings (SSSR count). The number of nitriles is 1. The summed E-state index contributed by atoms with van der Waals surface area (Å²) in [5, 5.41) is 27.5. The van der Waals surface area contributed by atoms with Crippen molar-refractivity contribution in [2.24, 2.45) is 0 Å². The quantitative estimate of drug-likeness (QED) is 0.735. The Balaban J connectivity index is 2.43. The summed E-state index contributed by atoms with van der Waals surface area (Å²) < 4.78 is 26.9. The van der Waals surface area contributed by atoms with Gasteiger partial charge in [-0.15, -0.1) is 0 Å². The van der Waals surface area contributed by atoms with Crippen LogP contribution in [0, 0.1) is 18.3 Å². The summed E-state index contributed by atoms with van der Waals surface area (Å²) in [6.07, 6.45) is 0. The van der Waals surface area contributed by atoms with Crippen molar-refractivity contribution in [1.82, 2.24) is 0 Å². The van der Waals surface area contributed by atoms with Gasteiger partial charge in [0, 0.05) is 0 Å². The van der Waals surface area contributed by atoms with Crippen molar-refractivity contribution >= 4 is 21.7 Å². The SMILES string of the molecule is Cc1cc(NS(=O)(=O)c2cccc(C(=O)O)c2)cc(C#N)c1O. The van der Waals surface area contributed by atoms with E-state index in [9.17, 15) is 18.3 Å².